The molecule has 0 N–H and O–H groups in total. The van der Waals surface area contributed by atoms with Crippen molar-refractivity contribution in [2.24, 2.45) is 0 Å². The van der Waals surface area contributed by atoms with Gasteiger partial charge in [-0.15, -0.1) is 0 Å². The minimum absolute atomic E-state index is 0.0254. The molecule has 0 aliphatic carbocycles. The van der Waals surface area contributed by atoms with E-state index in [-0.39, 0.29) is 52.8 Å². The van der Waals surface area contributed by atoms with Crippen LogP contribution in [-0.2, 0) is 9.31 Å². The minimum atomic E-state index is -1.07. The summed E-state index contributed by atoms with van der Waals surface area (Å²) < 4.78 is 88.4. The second-order valence-corrected chi connectivity index (χ2v) is 8.58. The van der Waals surface area contributed by atoms with E-state index in [4.69, 9.17) is 21.6 Å². The molecule has 4 aromatic rings. The molecule has 0 unspecified atom stereocenters. The Hall–Kier alpha value is -2.88. The Morgan fingerprint density at radius 3 is 1.65 bits per heavy atom. The summed E-state index contributed by atoms with van der Waals surface area (Å²) in [4.78, 5) is 0. The quantitative estimate of drug-likeness (QED) is 0.357. The molecule has 0 saturated carbocycles. The van der Waals surface area contributed by atoms with Crippen LogP contribution in [-0.4, -0.2) is 18.3 Å². The molecule has 0 aromatic heterocycles. The number of benzene rings is 4. The first-order chi connectivity index (χ1) is 18.6. The van der Waals surface area contributed by atoms with E-state index in [1.165, 1.54) is 0 Å². The summed E-state index contributed by atoms with van der Waals surface area (Å²) >= 11 is 0. The molecule has 1 fully saturated rings. The van der Waals surface area contributed by atoms with Gasteiger partial charge in [-0.2, -0.15) is 0 Å². The van der Waals surface area contributed by atoms with Crippen LogP contribution in [0.1, 0.15) is 40.0 Å². The molecule has 154 valence electrons. The summed E-state index contributed by atoms with van der Waals surface area (Å²) in [6, 6.07) is 7.11. The molecule has 4 aromatic carbocycles. The maximum atomic E-state index is 8.88. The molecular weight excluding hydrogens is 379 g/mol. The Morgan fingerprint density at radius 1 is 0.645 bits per heavy atom. The van der Waals surface area contributed by atoms with Crippen LogP contribution in [0.3, 0.4) is 0 Å². The van der Waals surface area contributed by atoms with Crippen LogP contribution < -0.4 is 5.46 Å². The average molecular weight is 415 g/mol. The van der Waals surface area contributed by atoms with E-state index in [1.54, 1.807) is 36.4 Å². The molecule has 0 bridgehead atoms. The molecule has 0 amide bonds. The number of hydrogen-bond acceptors (Lipinski definition) is 2. The SMILES string of the molecule is [2H]c1c([2H])c([2H])c(-c2ccc(-c3c([2H])c([2H])c(B4OC(C)(C)C(C)(C)O4)c([2H])c3[2H])c3ccccc23)c([2H])c1[2H]. The van der Waals surface area contributed by atoms with E-state index < -0.39 is 36.4 Å². The van der Waals surface area contributed by atoms with Crippen molar-refractivity contribution in [2.45, 2.75) is 38.9 Å². The van der Waals surface area contributed by atoms with E-state index >= 15 is 0 Å². The third kappa shape index (κ3) is 3.48. The first kappa shape index (κ1) is 12.2. The molecule has 0 atom stereocenters. The monoisotopic (exact) mass is 415 g/mol. The maximum Gasteiger partial charge on any atom is 0.494 e. The van der Waals surface area contributed by atoms with Gasteiger partial charge < -0.3 is 9.31 Å². The zero-order valence-electron chi connectivity index (χ0n) is 26.9. The highest BCUT2D eigenvalue weighted by atomic mass is 16.7. The van der Waals surface area contributed by atoms with Crippen molar-refractivity contribution in [1.29, 1.82) is 0 Å². The number of rotatable bonds is 3. The molecule has 0 radical (unpaired) electrons. The normalized spacial score (nSPS) is 21.3. The lowest BCUT2D eigenvalue weighted by atomic mass is 9.78. The van der Waals surface area contributed by atoms with Crippen LogP contribution in [0.4, 0.5) is 0 Å². The van der Waals surface area contributed by atoms with Gasteiger partial charge in [-0.1, -0.05) is 90.8 Å². The van der Waals surface area contributed by atoms with Gasteiger partial charge in [0.15, 0.2) is 0 Å². The first-order valence-electron chi connectivity index (χ1n) is 14.7. The molecule has 1 aliphatic rings. The molecule has 1 aliphatic heterocycles. The van der Waals surface area contributed by atoms with E-state index in [1.807, 2.05) is 27.7 Å². The molecule has 31 heavy (non-hydrogen) atoms. The number of fused-ring (bicyclic) bond motifs is 1. The average Bonchev–Trinajstić information content (AvgIpc) is 3.12. The summed E-state index contributed by atoms with van der Waals surface area (Å²) in [6.45, 7) is 7.39. The van der Waals surface area contributed by atoms with E-state index in [2.05, 4.69) is 0 Å². The van der Waals surface area contributed by atoms with Gasteiger partial charge in [0.25, 0.3) is 0 Å². The van der Waals surface area contributed by atoms with E-state index in [0.29, 0.717) is 21.9 Å². The minimum Gasteiger partial charge on any atom is -0.399 e. The van der Waals surface area contributed by atoms with Crippen molar-refractivity contribution >= 4 is 23.4 Å². The molecule has 3 heteroatoms. The lowest BCUT2D eigenvalue weighted by Crippen LogP contribution is -2.41. The van der Waals surface area contributed by atoms with Gasteiger partial charge >= 0.3 is 7.12 Å². The summed E-state index contributed by atoms with van der Waals surface area (Å²) in [7, 11) is -1.07. The third-order valence-corrected chi connectivity index (χ3v) is 6.10. The highest BCUT2D eigenvalue weighted by Gasteiger charge is 2.51. The zero-order chi connectivity index (χ0) is 29.5. The fourth-order valence-electron chi connectivity index (χ4n) is 3.66. The van der Waals surface area contributed by atoms with Crippen molar-refractivity contribution in [1.82, 2.24) is 0 Å². The van der Waals surface area contributed by atoms with E-state index in [9.17, 15) is 0 Å². The molecular formula is C28H27BO2. The lowest BCUT2D eigenvalue weighted by Gasteiger charge is -2.32. The van der Waals surface area contributed by atoms with Crippen LogP contribution in [0, 0.1) is 0 Å². The van der Waals surface area contributed by atoms with Gasteiger partial charge in [0.1, 0.15) is 0 Å². The Bertz CT molecular complexity index is 1640. The molecule has 1 saturated heterocycles. The highest BCUT2D eigenvalue weighted by molar-refractivity contribution is 6.62. The fraction of sp³-hybridized carbons (Fsp3) is 0.214. The topological polar surface area (TPSA) is 18.5 Å². The predicted molar refractivity (Wildman–Crippen MR) is 131 cm³/mol. The Balaban J connectivity index is 1.75. The summed E-state index contributed by atoms with van der Waals surface area (Å²) in [5, 5.41) is 1.10. The third-order valence-electron chi connectivity index (χ3n) is 6.10. The van der Waals surface area contributed by atoms with Crippen LogP contribution in [0.5, 0.6) is 0 Å². The molecule has 0 spiro atoms. The predicted octanol–water partition coefficient (Wildman–Crippen LogP) is 6.47. The summed E-state index contributed by atoms with van der Waals surface area (Å²) in [6.07, 6.45) is 0. The summed E-state index contributed by atoms with van der Waals surface area (Å²) in [5.41, 5.74) is -0.477. The van der Waals surface area contributed by atoms with Gasteiger partial charge in [0.05, 0.1) is 23.5 Å². The second-order valence-electron chi connectivity index (χ2n) is 8.58. The highest BCUT2D eigenvalue weighted by Crippen LogP contribution is 2.37. The van der Waals surface area contributed by atoms with Gasteiger partial charge in [0, 0.05) is 0 Å². The van der Waals surface area contributed by atoms with Gasteiger partial charge in [0.2, 0.25) is 0 Å². The standard InChI is InChI=1S/C28H27BO2/c1-27(2)28(3,4)31-29(30-27)22-16-14-21(15-17-22)24-19-18-23(20-10-6-5-7-11-20)25-12-8-9-13-26(24)25/h5-19H,1-4H3/i5D,6D,7D,10D,11D,14D,15D,16D,17D. The van der Waals surface area contributed by atoms with Gasteiger partial charge in [-0.3, -0.25) is 0 Å². The van der Waals surface area contributed by atoms with Crippen molar-refractivity contribution in [2.75, 3.05) is 0 Å². The van der Waals surface area contributed by atoms with E-state index in [0.717, 1.165) is 0 Å². The fourth-order valence-corrected chi connectivity index (χ4v) is 3.66. The van der Waals surface area contributed by atoms with Gasteiger partial charge in [-0.25, -0.2) is 0 Å². The van der Waals surface area contributed by atoms with Crippen LogP contribution in [0.15, 0.2) is 90.8 Å². The van der Waals surface area contributed by atoms with Crippen LogP contribution >= 0.6 is 0 Å². The second kappa shape index (κ2) is 7.37. The Morgan fingerprint density at radius 2 is 1.13 bits per heavy atom. The van der Waals surface area contributed by atoms with Crippen molar-refractivity contribution in [3.63, 3.8) is 0 Å². The molecule has 5 rings (SSSR count). The largest absolute Gasteiger partial charge is 0.494 e. The van der Waals surface area contributed by atoms with Gasteiger partial charge in [-0.05, 0) is 66.2 Å². The Labute approximate surface area is 197 Å². The Kier molecular flexibility index (Phi) is 2.91. The maximum absolute atomic E-state index is 8.88. The molecule has 2 nitrogen and oxygen atoms in total. The first-order valence-corrected chi connectivity index (χ1v) is 10.2. The summed E-state index contributed by atoms with van der Waals surface area (Å²) in [5.74, 6) is 0. The number of hydrogen-bond donors (Lipinski definition) is 0. The van der Waals surface area contributed by atoms with Crippen LogP contribution in [0.25, 0.3) is 33.0 Å². The lowest BCUT2D eigenvalue weighted by molar-refractivity contribution is 0.00578. The van der Waals surface area contributed by atoms with Crippen molar-refractivity contribution in [3.05, 3.63) is 90.8 Å². The van der Waals surface area contributed by atoms with Crippen molar-refractivity contribution < 1.29 is 21.6 Å². The zero-order valence-corrected chi connectivity index (χ0v) is 17.9. The molecule has 1 heterocycles. The van der Waals surface area contributed by atoms with Crippen LogP contribution in [0.2, 0.25) is 0 Å². The van der Waals surface area contributed by atoms with Crippen molar-refractivity contribution in [3.8, 4) is 22.3 Å². The smallest absolute Gasteiger partial charge is 0.399 e.